The molecule has 0 aromatic carbocycles. The molecule has 0 rings (SSSR count). The van der Waals surface area contributed by atoms with Gasteiger partial charge in [-0.15, -0.1) is 0 Å². The van der Waals surface area contributed by atoms with Crippen LogP contribution >= 0.6 is 11.8 Å². The van der Waals surface area contributed by atoms with Gasteiger partial charge in [0.2, 0.25) is 6.08 Å². The highest BCUT2D eigenvalue weighted by molar-refractivity contribution is 7.99. The van der Waals surface area contributed by atoms with Crippen LogP contribution in [0.4, 0.5) is 39.5 Å². The van der Waals surface area contributed by atoms with Gasteiger partial charge in [0.15, 0.2) is 0 Å². The number of nitrogens with zero attached hydrogens (tertiary/aromatic N) is 1. The number of halogens is 9. The molecule has 22 heavy (non-hydrogen) atoms. The van der Waals surface area contributed by atoms with Gasteiger partial charge in [-0.25, -0.2) is 9.79 Å². The van der Waals surface area contributed by atoms with Crippen LogP contribution in [0.15, 0.2) is 4.99 Å². The van der Waals surface area contributed by atoms with Crippen molar-refractivity contribution in [2.24, 2.45) is 4.99 Å². The van der Waals surface area contributed by atoms with Crippen LogP contribution in [0.1, 0.15) is 12.8 Å². The van der Waals surface area contributed by atoms with Crippen molar-refractivity contribution in [3.63, 3.8) is 0 Å². The van der Waals surface area contributed by atoms with Crippen LogP contribution in [-0.2, 0) is 4.79 Å². The van der Waals surface area contributed by atoms with Gasteiger partial charge in [0.25, 0.3) is 0 Å². The van der Waals surface area contributed by atoms with Gasteiger partial charge in [-0.3, -0.25) is 0 Å². The van der Waals surface area contributed by atoms with Crippen molar-refractivity contribution in [2.45, 2.75) is 36.8 Å². The first kappa shape index (κ1) is 21.1. The number of thioether (sulfide) groups is 1. The molecule has 0 heterocycles. The van der Waals surface area contributed by atoms with Crippen molar-refractivity contribution >= 4 is 17.8 Å². The molecule has 0 radical (unpaired) electrons. The average molecular weight is 363 g/mol. The summed E-state index contributed by atoms with van der Waals surface area (Å²) in [6.07, 6.45) is -7.25. The van der Waals surface area contributed by atoms with Crippen LogP contribution < -0.4 is 0 Å². The lowest BCUT2D eigenvalue weighted by molar-refractivity contribution is -0.396. The minimum absolute atomic E-state index is 0.00912. The van der Waals surface area contributed by atoms with E-state index in [1.54, 1.807) is 0 Å². The van der Waals surface area contributed by atoms with Crippen LogP contribution in [0.3, 0.4) is 0 Å². The molecule has 0 saturated heterocycles. The number of hydrogen-bond donors (Lipinski definition) is 0. The SMILES string of the molecule is O=C=NCCCSCCC(F)(F)C(F)(F)C(F)(F)C(F)(F)F. The number of alkyl halides is 9. The van der Waals surface area contributed by atoms with E-state index < -0.39 is 36.1 Å². The van der Waals surface area contributed by atoms with Crippen molar-refractivity contribution in [1.82, 2.24) is 0 Å². The third-order valence-corrected chi connectivity index (χ3v) is 3.46. The Morgan fingerprint density at radius 2 is 1.41 bits per heavy atom. The molecule has 0 saturated carbocycles. The van der Waals surface area contributed by atoms with E-state index in [4.69, 9.17) is 0 Å². The summed E-state index contributed by atoms with van der Waals surface area (Å²) in [4.78, 5) is 12.8. The molecular weight excluding hydrogens is 353 g/mol. The lowest BCUT2D eigenvalue weighted by Gasteiger charge is -2.33. The second-order valence-corrected chi connectivity index (χ2v) is 5.26. The molecule has 0 aliphatic rings. The zero-order valence-electron chi connectivity index (χ0n) is 10.7. The van der Waals surface area contributed by atoms with Gasteiger partial charge in [-0.05, 0) is 17.9 Å². The van der Waals surface area contributed by atoms with E-state index >= 15 is 0 Å². The normalized spacial score (nSPS) is 13.9. The predicted octanol–water partition coefficient (Wildman–Crippen LogP) is 4.30. The van der Waals surface area contributed by atoms with Gasteiger partial charge in [-0.1, -0.05) is 0 Å². The van der Waals surface area contributed by atoms with Gasteiger partial charge in [0, 0.05) is 6.42 Å². The number of aliphatic imine (C=N–C) groups is 1. The lowest BCUT2D eigenvalue weighted by Crippen LogP contribution is -2.60. The quantitative estimate of drug-likeness (QED) is 0.265. The zero-order valence-corrected chi connectivity index (χ0v) is 11.5. The van der Waals surface area contributed by atoms with E-state index in [1.807, 2.05) is 0 Å². The van der Waals surface area contributed by atoms with Crippen molar-refractivity contribution in [3.05, 3.63) is 0 Å². The average Bonchev–Trinajstić information content (AvgIpc) is 2.35. The number of rotatable bonds is 9. The second kappa shape index (κ2) is 7.58. The van der Waals surface area contributed by atoms with Gasteiger partial charge < -0.3 is 0 Å². The van der Waals surface area contributed by atoms with Crippen molar-refractivity contribution in [1.29, 1.82) is 0 Å². The highest BCUT2D eigenvalue weighted by Gasteiger charge is 2.81. The Labute approximate surface area is 123 Å². The molecule has 2 nitrogen and oxygen atoms in total. The molecule has 12 heteroatoms. The first-order valence-corrected chi connectivity index (χ1v) is 6.78. The summed E-state index contributed by atoms with van der Waals surface area (Å²) >= 11 is 0.635. The maximum atomic E-state index is 13.0. The standard InChI is InChI=1S/C10H10F9NOS/c11-7(12,2-5-22-4-1-3-20-6-21)8(13,14)9(15,16)10(17,18)19/h1-5H2. The van der Waals surface area contributed by atoms with E-state index in [9.17, 15) is 44.3 Å². The molecule has 0 unspecified atom stereocenters. The molecule has 0 spiro atoms. The van der Waals surface area contributed by atoms with E-state index in [-0.39, 0.29) is 18.7 Å². The van der Waals surface area contributed by atoms with Crippen molar-refractivity contribution in [2.75, 3.05) is 18.1 Å². The molecule has 0 aliphatic carbocycles. The summed E-state index contributed by atoms with van der Waals surface area (Å²) in [5.41, 5.74) is 0. The Morgan fingerprint density at radius 1 is 0.864 bits per heavy atom. The van der Waals surface area contributed by atoms with Crippen LogP contribution in [0.5, 0.6) is 0 Å². The Bertz CT molecular complexity index is 404. The van der Waals surface area contributed by atoms with Gasteiger partial charge >= 0.3 is 23.9 Å². The molecular formula is C10H10F9NOS. The van der Waals surface area contributed by atoms with Gasteiger partial charge in [0.1, 0.15) is 0 Å². The number of isocyanates is 1. The van der Waals surface area contributed by atoms with E-state index in [1.165, 1.54) is 6.08 Å². The summed E-state index contributed by atoms with van der Waals surface area (Å²) in [5.74, 6) is -19.6. The zero-order chi connectivity index (χ0) is 17.7. The number of hydrogen-bond acceptors (Lipinski definition) is 3. The van der Waals surface area contributed by atoms with Crippen molar-refractivity contribution < 1.29 is 44.3 Å². The molecule has 0 bridgehead atoms. The molecule has 0 aromatic heterocycles. The molecule has 0 aromatic rings. The summed E-state index contributed by atoms with van der Waals surface area (Å²) in [5, 5.41) is 0. The largest absolute Gasteiger partial charge is 0.460 e. The minimum atomic E-state index is -6.84. The Balaban J connectivity index is 4.62. The lowest BCUT2D eigenvalue weighted by atomic mass is 10.0. The highest BCUT2D eigenvalue weighted by atomic mass is 32.2. The molecule has 0 amide bonds. The number of carbonyl (C=O) groups excluding carboxylic acids is 1. The first-order valence-electron chi connectivity index (χ1n) is 5.63. The summed E-state index contributed by atoms with van der Waals surface area (Å²) in [6.45, 7) is 0.00912. The van der Waals surface area contributed by atoms with Gasteiger partial charge in [0.05, 0.1) is 6.54 Å². The second-order valence-electron chi connectivity index (χ2n) is 4.04. The predicted molar refractivity (Wildman–Crippen MR) is 60.4 cm³/mol. The fraction of sp³-hybridized carbons (Fsp3) is 0.900. The maximum Gasteiger partial charge on any atom is 0.460 e. The Morgan fingerprint density at radius 3 is 1.86 bits per heavy atom. The summed E-state index contributed by atoms with van der Waals surface area (Å²) < 4.78 is 112. The van der Waals surface area contributed by atoms with E-state index in [2.05, 4.69) is 4.99 Å². The minimum Gasteiger partial charge on any atom is -0.211 e. The van der Waals surface area contributed by atoms with Gasteiger partial charge in [-0.2, -0.15) is 51.3 Å². The molecule has 0 fully saturated rings. The fourth-order valence-electron chi connectivity index (χ4n) is 1.16. The van der Waals surface area contributed by atoms with Crippen LogP contribution in [0.25, 0.3) is 0 Å². The highest BCUT2D eigenvalue weighted by Crippen LogP contribution is 2.54. The third kappa shape index (κ3) is 4.80. The fourth-order valence-corrected chi connectivity index (χ4v) is 2.10. The summed E-state index contributed by atoms with van der Waals surface area (Å²) in [7, 11) is 0. The smallest absolute Gasteiger partial charge is 0.211 e. The molecule has 0 atom stereocenters. The first-order chi connectivity index (χ1) is 9.81. The van der Waals surface area contributed by atoms with E-state index in [0.717, 1.165) is 0 Å². The van der Waals surface area contributed by atoms with Crippen molar-refractivity contribution in [3.8, 4) is 0 Å². The third-order valence-electron chi connectivity index (χ3n) is 2.39. The summed E-state index contributed by atoms with van der Waals surface area (Å²) in [6, 6.07) is 0. The Kier molecular flexibility index (Phi) is 7.27. The van der Waals surface area contributed by atoms with E-state index in [0.29, 0.717) is 11.8 Å². The Hall–Kier alpha value is -0.900. The molecule has 130 valence electrons. The van der Waals surface area contributed by atoms with Crippen LogP contribution in [0, 0.1) is 0 Å². The molecule has 0 aliphatic heterocycles. The topological polar surface area (TPSA) is 29.4 Å². The monoisotopic (exact) mass is 363 g/mol. The van der Waals surface area contributed by atoms with Crippen LogP contribution in [-0.4, -0.2) is 48.1 Å². The van der Waals surface area contributed by atoms with Crippen LogP contribution in [0.2, 0.25) is 0 Å². The molecule has 0 N–H and O–H groups in total. The maximum absolute atomic E-state index is 13.0.